The van der Waals surface area contributed by atoms with E-state index in [-0.39, 0.29) is 0 Å². The summed E-state index contributed by atoms with van der Waals surface area (Å²) in [7, 11) is 4.13. The lowest BCUT2D eigenvalue weighted by Gasteiger charge is -2.15. The third-order valence-corrected chi connectivity index (χ3v) is 5.97. The number of aliphatic carboxylic acids is 1. The predicted molar refractivity (Wildman–Crippen MR) is 134 cm³/mol. The van der Waals surface area contributed by atoms with Crippen molar-refractivity contribution in [2.45, 2.75) is 39.8 Å². The van der Waals surface area contributed by atoms with Crippen LogP contribution in [0.4, 0.5) is 19.1 Å². The van der Waals surface area contributed by atoms with Crippen LogP contribution in [0.1, 0.15) is 28.8 Å². The maximum atomic E-state index is 10.6. The summed E-state index contributed by atoms with van der Waals surface area (Å²) in [5.41, 5.74) is 8.84. The molecule has 0 saturated heterocycles. The van der Waals surface area contributed by atoms with Crippen LogP contribution in [0.15, 0.2) is 53.1 Å². The molecule has 1 N–H and O–H groups in total. The monoisotopic (exact) mass is 501 g/mol. The molecule has 0 aliphatic carbocycles. The van der Waals surface area contributed by atoms with Gasteiger partial charge in [0.2, 0.25) is 0 Å². The molecule has 0 radical (unpaired) electrons. The SMILES string of the molecule is Cc1cc(C)c(-c2cccc3c(CCCN(C)c4ccco4)n(C)nc23)c(C)c1.O=C(O)C(F)(F)F. The molecule has 192 valence electrons. The number of halogens is 3. The normalized spacial score (nSPS) is 11.3. The average Bonchev–Trinajstić information content (AvgIpc) is 3.42. The number of furan rings is 1. The Balaban J connectivity index is 0.000000454. The Morgan fingerprint density at radius 2 is 1.75 bits per heavy atom. The van der Waals surface area contributed by atoms with Crippen molar-refractivity contribution in [3.63, 3.8) is 0 Å². The number of hydrogen-bond donors (Lipinski definition) is 1. The van der Waals surface area contributed by atoms with E-state index in [9.17, 15) is 13.2 Å². The molecule has 4 rings (SSSR count). The van der Waals surface area contributed by atoms with Crippen molar-refractivity contribution in [1.82, 2.24) is 9.78 Å². The molecule has 9 heteroatoms. The Morgan fingerprint density at radius 3 is 2.31 bits per heavy atom. The van der Waals surface area contributed by atoms with Gasteiger partial charge < -0.3 is 14.4 Å². The average molecular weight is 502 g/mol. The Bertz CT molecular complexity index is 1320. The summed E-state index contributed by atoms with van der Waals surface area (Å²) in [5, 5.41) is 13.3. The molecule has 0 unspecified atom stereocenters. The van der Waals surface area contributed by atoms with E-state index >= 15 is 0 Å². The summed E-state index contributed by atoms with van der Waals surface area (Å²) in [6, 6.07) is 15.0. The minimum atomic E-state index is -5.08. The van der Waals surface area contributed by atoms with Crippen molar-refractivity contribution in [3.8, 4) is 11.1 Å². The van der Waals surface area contributed by atoms with Crippen LogP contribution in [0.2, 0.25) is 0 Å². The predicted octanol–water partition coefficient (Wildman–Crippen LogP) is 6.46. The molecule has 2 aromatic carbocycles. The molecule has 36 heavy (non-hydrogen) atoms. The van der Waals surface area contributed by atoms with E-state index < -0.39 is 12.1 Å². The first kappa shape index (κ1) is 26.8. The van der Waals surface area contributed by atoms with Crippen LogP contribution in [0.5, 0.6) is 0 Å². The van der Waals surface area contributed by atoms with Crippen molar-refractivity contribution >= 4 is 22.8 Å². The van der Waals surface area contributed by atoms with Crippen LogP contribution in [0.3, 0.4) is 0 Å². The van der Waals surface area contributed by atoms with Crippen LogP contribution in [0.25, 0.3) is 22.0 Å². The number of nitrogens with zero attached hydrogens (tertiary/aromatic N) is 3. The van der Waals surface area contributed by atoms with Crippen LogP contribution < -0.4 is 4.90 Å². The van der Waals surface area contributed by atoms with Gasteiger partial charge in [-0.3, -0.25) is 4.68 Å². The zero-order chi connectivity index (χ0) is 26.6. The number of carbonyl (C=O) groups is 1. The van der Waals surface area contributed by atoms with Crippen molar-refractivity contribution in [3.05, 3.63) is 71.1 Å². The fraction of sp³-hybridized carbons (Fsp3) is 0.333. The number of rotatable bonds is 6. The maximum absolute atomic E-state index is 10.6. The van der Waals surface area contributed by atoms with Crippen LogP contribution in [-0.2, 0) is 18.3 Å². The highest BCUT2D eigenvalue weighted by Crippen LogP contribution is 2.34. The van der Waals surface area contributed by atoms with Gasteiger partial charge in [-0.2, -0.15) is 18.3 Å². The number of alkyl halides is 3. The lowest BCUT2D eigenvalue weighted by atomic mass is 9.92. The van der Waals surface area contributed by atoms with Crippen molar-refractivity contribution in [2.75, 3.05) is 18.5 Å². The van der Waals surface area contributed by atoms with Gasteiger partial charge >= 0.3 is 12.1 Å². The van der Waals surface area contributed by atoms with Gasteiger partial charge in [-0.15, -0.1) is 0 Å². The van der Waals surface area contributed by atoms with E-state index in [2.05, 4.69) is 74.8 Å². The summed E-state index contributed by atoms with van der Waals surface area (Å²) in [6.07, 6.45) is -1.34. The number of aromatic nitrogens is 2. The van der Waals surface area contributed by atoms with E-state index in [0.717, 1.165) is 30.8 Å². The van der Waals surface area contributed by atoms with Crippen molar-refractivity contribution in [2.24, 2.45) is 7.05 Å². The molecule has 0 saturated carbocycles. The highest BCUT2D eigenvalue weighted by atomic mass is 19.4. The van der Waals surface area contributed by atoms with E-state index in [1.807, 2.05) is 12.1 Å². The number of hydrogen-bond acceptors (Lipinski definition) is 4. The third kappa shape index (κ3) is 6.08. The quantitative estimate of drug-likeness (QED) is 0.328. The zero-order valence-electron chi connectivity index (χ0n) is 21.0. The topological polar surface area (TPSA) is 71.5 Å². The number of carboxylic acids is 1. The zero-order valence-corrected chi connectivity index (χ0v) is 21.0. The van der Waals surface area contributed by atoms with Gasteiger partial charge in [-0.1, -0.05) is 35.9 Å². The summed E-state index contributed by atoms with van der Waals surface area (Å²) < 4.78 is 39.3. The van der Waals surface area contributed by atoms with Gasteiger partial charge in [0.05, 0.1) is 6.26 Å². The molecule has 0 bridgehead atoms. The summed E-state index contributed by atoms with van der Waals surface area (Å²) >= 11 is 0. The fourth-order valence-electron chi connectivity index (χ4n) is 4.45. The fourth-order valence-corrected chi connectivity index (χ4v) is 4.45. The molecular formula is C27H30F3N3O3. The summed E-state index contributed by atoms with van der Waals surface area (Å²) in [4.78, 5) is 11.1. The highest BCUT2D eigenvalue weighted by Gasteiger charge is 2.38. The van der Waals surface area contributed by atoms with E-state index in [1.54, 1.807) is 6.26 Å². The first-order valence-electron chi connectivity index (χ1n) is 11.5. The molecule has 0 aliphatic heterocycles. The Morgan fingerprint density at radius 1 is 1.11 bits per heavy atom. The minimum Gasteiger partial charge on any atom is -0.475 e. The van der Waals surface area contributed by atoms with Gasteiger partial charge in [-0.25, -0.2) is 4.79 Å². The molecule has 0 spiro atoms. The Hall–Kier alpha value is -3.75. The van der Waals surface area contributed by atoms with Gasteiger partial charge in [0.15, 0.2) is 5.88 Å². The molecule has 2 aromatic heterocycles. The lowest BCUT2D eigenvalue weighted by Crippen LogP contribution is -2.21. The van der Waals surface area contributed by atoms with Crippen molar-refractivity contribution < 1.29 is 27.5 Å². The second kappa shape index (κ2) is 10.9. The van der Waals surface area contributed by atoms with Crippen molar-refractivity contribution in [1.29, 1.82) is 0 Å². The van der Waals surface area contributed by atoms with Gasteiger partial charge in [0.25, 0.3) is 0 Å². The number of anilines is 1. The van der Waals surface area contributed by atoms with E-state index in [0.29, 0.717) is 0 Å². The second-order valence-electron chi connectivity index (χ2n) is 8.83. The number of benzene rings is 2. The first-order chi connectivity index (χ1) is 16.9. The minimum absolute atomic E-state index is 0.910. The third-order valence-electron chi connectivity index (χ3n) is 5.97. The van der Waals surface area contributed by atoms with E-state index in [1.165, 1.54) is 38.9 Å². The van der Waals surface area contributed by atoms with Crippen LogP contribution in [-0.4, -0.2) is 40.6 Å². The largest absolute Gasteiger partial charge is 0.490 e. The standard InChI is InChI=1S/C25H29N3O.C2HF3O2/c1-17-15-18(2)24(19(3)16-17)21-10-6-9-20-22(28(5)26-25(20)21)11-7-13-27(4)23-12-8-14-29-23;3-2(4,5)1(6)7/h6,8-10,12,14-16H,7,11,13H2,1-5H3;(H,6,7). The van der Waals surface area contributed by atoms with Crippen LogP contribution in [0, 0.1) is 20.8 Å². The molecule has 0 amide bonds. The molecule has 0 atom stereocenters. The smallest absolute Gasteiger partial charge is 0.475 e. The van der Waals surface area contributed by atoms with E-state index in [4.69, 9.17) is 19.4 Å². The highest BCUT2D eigenvalue weighted by molar-refractivity contribution is 5.96. The molecule has 6 nitrogen and oxygen atoms in total. The molecule has 2 heterocycles. The molecule has 4 aromatic rings. The summed E-state index contributed by atoms with van der Waals surface area (Å²) in [6.45, 7) is 7.49. The van der Waals surface area contributed by atoms with Gasteiger partial charge in [0.1, 0.15) is 5.52 Å². The molecule has 0 aliphatic rings. The second-order valence-corrected chi connectivity index (χ2v) is 8.83. The lowest BCUT2D eigenvalue weighted by molar-refractivity contribution is -0.192. The van der Waals surface area contributed by atoms with Gasteiger partial charge in [-0.05, 0) is 56.4 Å². The maximum Gasteiger partial charge on any atom is 0.490 e. The Kier molecular flexibility index (Phi) is 8.12. The first-order valence-corrected chi connectivity index (χ1v) is 11.5. The number of carboxylic acid groups (broad SMARTS) is 1. The molecule has 0 fully saturated rings. The molecular weight excluding hydrogens is 471 g/mol. The van der Waals surface area contributed by atoms with Crippen LogP contribution >= 0.6 is 0 Å². The number of aryl methyl sites for hydroxylation is 5. The Labute approximate surface area is 207 Å². The summed E-state index contributed by atoms with van der Waals surface area (Å²) in [5.74, 6) is -1.85. The van der Waals surface area contributed by atoms with Gasteiger partial charge in [0, 0.05) is 43.4 Å². The number of fused-ring (bicyclic) bond motifs is 1.